The van der Waals surface area contributed by atoms with Crippen LogP contribution in [0.3, 0.4) is 0 Å². The summed E-state index contributed by atoms with van der Waals surface area (Å²) in [6.45, 7) is 12.1. The highest BCUT2D eigenvalue weighted by Gasteiger charge is 2.35. The third-order valence-corrected chi connectivity index (χ3v) is 12.4. The lowest BCUT2D eigenvalue weighted by Gasteiger charge is -2.32. The van der Waals surface area contributed by atoms with E-state index in [0.29, 0.717) is 71.3 Å². The molecule has 8 rings (SSSR count). The zero-order chi connectivity index (χ0) is 48.5. The number of rotatable bonds is 4. The molecule has 0 radical (unpaired) electrons. The molecule has 4 aromatic rings. The molecule has 0 aromatic heterocycles. The predicted molar refractivity (Wildman–Crippen MR) is 258 cm³/mol. The summed E-state index contributed by atoms with van der Waals surface area (Å²) in [5.41, 5.74) is 2.73. The van der Waals surface area contributed by atoms with Crippen LogP contribution in [0.1, 0.15) is 111 Å². The monoisotopic (exact) mass is 928 g/mol. The molecule has 14 heteroatoms. The number of likely N-dealkylation sites (N-methyl/N-ethyl adjacent to an activating group) is 2. The minimum absolute atomic E-state index is 0.0955. The maximum absolute atomic E-state index is 13.5. The lowest BCUT2D eigenvalue weighted by Crippen LogP contribution is -2.51. The summed E-state index contributed by atoms with van der Waals surface area (Å²) >= 11 is 0. The van der Waals surface area contributed by atoms with E-state index in [1.54, 1.807) is 38.4 Å². The highest BCUT2D eigenvalue weighted by molar-refractivity contribution is 6.00. The minimum atomic E-state index is -0.651. The minimum Gasteiger partial charge on any atom is -0.490 e. The number of carbonyl (C=O) groups excluding carboxylic acids is 4. The maximum atomic E-state index is 13.5. The lowest BCUT2D eigenvalue weighted by molar-refractivity contribution is -0.128. The molecule has 2 N–H and O–H groups in total. The van der Waals surface area contributed by atoms with Gasteiger partial charge in [0, 0.05) is 26.9 Å². The summed E-state index contributed by atoms with van der Waals surface area (Å²) in [4.78, 5) is 57.1. The number of hydrogen-bond donors (Lipinski definition) is 2. The number of nitrogens with zero attached hydrogens (tertiary/aromatic N) is 2. The molecule has 0 bridgehead atoms. The van der Waals surface area contributed by atoms with Gasteiger partial charge in [0.05, 0.1) is 35.4 Å². The molecule has 6 atom stereocenters. The Labute approximate surface area is 399 Å². The second kappa shape index (κ2) is 22.2. The van der Waals surface area contributed by atoms with Gasteiger partial charge in [-0.15, -0.1) is 0 Å². The molecular weight excluding hydrogens is 865 g/mol. The van der Waals surface area contributed by atoms with E-state index in [-0.39, 0.29) is 73.3 Å². The number of benzene rings is 4. The zero-order valence-electron chi connectivity index (χ0n) is 40.2. The second-order valence-corrected chi connectivity index (χ2v) is 18.3. The van der Waals surface area contributed by atoms with E-state index in [1.165, 1.54) is 9.80 Å². The molecule has 0 unspecified atom stereocenters. The van der Waals surface area contributed by atoms with Crippen molar-refractivity contribution in [1.82, 2.24) is 20.4 Å². The Morgan fingerprint density at radius 1 is 0.485 bits per heavy atom. The van der Waals surface area contributed by atoms with E-state index in [2.05, 4.69) is 34.9 Å². The van der Waals surface area contributed by atoms with E-state index >= 15 is 0 Å². The van der Waals surface area contributed by atoms with Crippen LogP contribution in [-0.4, -0.2) is 85.4 Å². The van der Waals surface area contributed by atoms with Gasteiger partial charge in [-0.2, -0.15) is 0 Å². The van der Waals surface area contributed by atoms with Gasteiger partial charge in [-0.1, -0.05) is 88.4 Å². The van der Waals surface area contributed by atoms with Gasteiger partial charge >= 0.3 is 0 Å². The van der Waals surface area contributed by atoms with Crippen LogP contribution in [0.5, 0.6) is 34.5 Å². The Bertz CT molecular complexity index is 2330. The van der Waals surface area contributed by atoms with Crippen molar-refractivity contribution in [1.29, 1.82) is 0 Å². The summed E-state index contributed by atoms with van der Waals surface area (Å²) in [5.74, 6) is 2.69. The Kier molecular flexibility index (Phi) is 16.0. The van der Waals surface area contributed by atoms with Gasteiger partial charge in [0.25, 0.3) is 11.8 Å². The first-order valence-electron chi connectivity index (χ1n) is 23.5. The van der Waals surface area contributed by atoms with Crippen molar-refractivity contribution >= 4 is 23.6 Å². The predicted octanol–water partition coefficient (Wildman–Crippen LogP) is 8.97. The van der Waals surface area contributed by atoms with E-state index in [1.807, 2.05) is 102 Å². The van der Waals surface area contributed by atoms with Crippen LogP contribution in [0, 0.1) is 11.8 Å². The van der Waals surface area contributed by atoms with E-state index in [9.17, 15) is 19.2 Å². The first kappa shape index (κ1) is 49.0. The molecular formula is C54H64N4O10. The van der Waals surface area contributed by atoms with Crippen LogP contribution in [0.15, 0.2) is 109 Å². The van der Waals surface area contributed by atoms with Crippen molar-refractivity contribution in [3.8, 4) is 34.5 Å². The molecule has 4 heterocycles. The quantitative estimate of drug-likeness (QED) is 0.190. The number of amides is 4. The highest BCUT2D eigenvalue weighted by Crippen LogP contribution is 2.37. The SMILES string of the molecule is CC(C)[C@H]1C(=O)N[C@@H](c2ccc3c(c2)OCO3)C/C=C/C[C@H](C)Oc2ccccc2C(=O)N1C.CC(C)[C@H]1C(=O)N[C@@H](c2ccc3c(c2)OCO3)C/C=C\C[C@H](C)Oc2ccccc2C(=O)N1C. The Morgan fingerprint density at radius 2 is 0.853 bits per heavy atom. The number of hydrogen-bond acceptors (Lipinski definition) is 10. The van der Waals surface area contributed by atoms with Gasteiger partial charge in [-0.25, -0.2) is 0 Å². The number of para-hydroxylation sites is 2. The normalized spacial score (nSPS) is 24.1. The molecule has 4 amide bonds. The van der Waals surface area contributed by atoms with Gasteiger partial charge in [0.15, 0.2) is 23.0 Å². The Morgan fingerprint density at radius 3 is 1.25 bits per heavy atom. The smallest absolute Gasteiger partial charge is 0.258 e. The molecule has 360 valence electrons. The van der Waals surface area contributed by atoms with Crippen LogP contribution in [-0.2, 0) is 9.59 Å². The molecule has 0 fully saturated rings. The number of ether oxygens (including phenoxy) is 6. The fourth-order valence-corrected chi connectivity index (χ4v) is 8.88. The topological polar surface area (TPSA) is 154 Å². The molecule has 4 aliphatic rings. The molecule has 0 spiro atoms. The first-order chi connectivity index (χ1) is 32.7. The summed E-state index contributed by atoms with van der Waals surface area (Å²) in [6.07, 6.45) is 10.5. The average molecular weight is 929 g/mol. The van der Waals surface area contributed by atoms with E-state index in [0.717, 1.165) is 11.1 Å². The van der Waals surface area contributed by atoms with Gasteiger partial charge in [0.1, 0.15) is 23.6 Å². The molecule has 14 nitrogen and oxygen atoms in total. The van der Waals surface area contributed by atoms with Crippen LogP contribution >= 0.6 is 0 Å². The highest BCUT2D eigenvalue weighted by atomic mass is 16.7. The van der Waals surface area contributed by atoms with E-state index in [4.69, 9.17) is 28.4 Å². The largest absolute Gasteiger partial charge is 0.490 e. The van der Waals surface area contributed by atoms with Crippen LogP contribution in [0.25, 0.3) is 0 Å². The summed E-state index contributed by atoms with van der Waals surface area (Å²) in [6, 6.07) is 23.9. The Balaban J connectivity index is 0.000000201. The lowest BCUT2D eigenvalue weighted by atomic mass is 9.97. The summed E-state index contributed by atoms with van der Waals surface area (Å²) < 4.78 is 34.2. The average Bonchev–Trinajstić information content (AvgIpc) is 4.00. The number of nitrogens with one attached hydrogen (secondary N) is 2. The van der Waals surface area contributed by atoms with Gasteiger partial charge < -0.3 is 48.9 Å². The zero-order valence-corrected chi connectivity index (χ0v) is 40.2. The third kappa shape index (κ3) is 11.6. The standard InChI is InChI=1S/2C27H32N2O5/c2*1-17(2)25-26(30)28-21(19-13-14-23-24(15-19)33-16-32-23)11-7-5-9-18(3)34-22-12-8-6-10-20(22)27(31)29(25)4/h2*5-8,10,12-15,17-18,21,25H,9,11,16H2,1-4H3,(H,28,30)/b7-5+;7-5-/t2*18-,21+,25-/m00/s1. The van der Waals surface area contributed by atoms with Gasteiger partial charge in [-0.05, 0) is 98.2 Å². The fourth-order valence-electron chi connectivity index (χ4n) is 8.88. The first-order valence-corrected chi connectivity index (χ1v) is 23.5. The molecule has 0 saturated carbocycles. The van der Waals surface area contributed by atoms with Crippen molar-refractivity contribution in [2.75, 3.05) is 27.7 Å². The fraction of sp³-hybridized carbons (Fsp3) is 0.407. The van der Waals surface area contributed by atoms with Crippen molar-refractivity contribution < 1.29 is 47.6 Å². The van der Waals surface area contributed by atoms with Crippen molar-refractivity contribution in [3.05, 3.63) is 131 Å². The third-order valence-electron chi connectivity index (χ3n) is 12.4. The van der Waals surface area contributed by atoms with Crippen LogP contribution in [0.2, 0.25) is 0 Å². The molecule has 0 aliphatic carbocycles. The van der Waals surface area contributed by atoms with Crippen molar-refractivity contribution in [2.45, 2.75) is 104 Å². The second-order valence-electron chi connectivity index (χ2n) is 18.3. The summed E-state index contributed by atoms with van der Waals surface area (Å²) in [5, 5.41) is 6.37. The van der Waals surface area contributed by atoms with E-state index < -0.39 is 12.1 Å². The van der Waals surface area contributed by atoms with Crippen LogP contribution < -0.4 is 39.1 Å². The summed E-state index contributed by atoms with van der Waals surface area (Å²) in [7, 11) is 3.35. The van der Waals surface area contributed by atoms with Crippen molar-refractivity contribution in [3.63, 3.8) is 0 Å². The van der Waals surface area contributed by atoms with Crippen molar-refractivity contribution in [2.24, 2.45) is 11.8 Å². The maximum Gasteiger partial charge on any atom is 0.258 e. The number of carbonyl (C=O) groups is 4. The Hall–Kier alpha value is -6.96. The molecule has 4 aliphatic heterocycles. The van der Waals surface area contributed by atoms with Gasteiger partial charge in [-0.3, -0.25) is 19.2 Å². The molecule has 0 saturated heterocycles. The molecule has 4 aromatic carbocycles. The van der Waals surface area contributed by atoms with Crippen LogP contribution in [0.4, 0.5) is 0 Å². The molecule has 68 heavy (non-hydrogen) atoms. The number of fused-ring (bicyclic) bond motifs is 4. The van der Waals surface area contributed by atoms with Gasteiger partial charge in [0.2, 0.25) is 25.4 Å².